The molecule has 0 saturated heterocycles. The number of ether oxygens (including phenoxy) is 3. The molecule has 8 heteroatoms. The fourth-order valence-corrected chi connectivity index (χ4v) is 2.90. The Balaban J connectivity index is 1.75. The highest BCUT2D eigenvalue weighted by molar-refractivity contribution is 9.10. The van der Waals surface area contributed by atoms with Crippen LogP contribution >= 0.6 is 15.9 Å². The first kappa shape index (κ1) is 16.3. The second-order valence-corrected chi connectivity index (χ2v) is 6.44. The van der Waals surface area contributed by atoms with Gasteiger partial charge < -0.3 is 14.2 Å². The standard InChI is InChI=1S/C18H10BrNO6/c19-13-3-1-10(2-4-13)15-7-12(18(21)26-15)5-11-6-16-17(25-9-24-16)8-14(11)20(22)23/h1-8H,9H2/b12-5-. The van der Waals surface area contributed by atoms with Crippen LogP contribution in [0.15, 0.2) is 52.5 Å². The molecule has 0 N–H and O–H groups in total. The lowest BCUT2D eigenvalue weighted by Gasteiger charge is -2.02. The van der Waals surface area contributed by atoms with Crippen molar-refractivity contribution in [3.05, 3.63) is 73.8 Å². The van der Waals surface area contributed by atoms with Crippen molar-refractivity contribution in [2.75, 3.05) is 6.79 Å². The van der Waals surface area contributed by atoms with Crippen LogP contribution in [0.4, 0.5) is 5.69 Å². The molecule has 4 rings (SSSR count). The van der Waals surface area contributed by atoms with Gasteiger partial charge in [-0.05, 0) is 30.4 Å². The first-order chi connectivity index (χ1) is 12.5. The Morgan fingerprint density at radius 2 is 1.81 bits per heavy atom. The number of benzene rings is 2. The predicted octanol–water partition coefficient (Wildman–Crippen LogP) is 4.07. The predicted molar refractivity (Wildman–Crippen MR) is 95.4 cm³/mol. The molecule has 0 spiro atoms. The highest BCUT2D eigenvalue weighted by Crippen LogP contribution is 2.39. The van der Waals surface area contributed by atoms with Gasteiger partial charge in [-0.2, -0.15) is 0 Å². The molecule has 7 nitrogen and oxygen atoms in total. The van der Waals surface area contributed by atoms with Gasteiger partial charge in [-0.25, -0.2) is 4.79 Å². The smallest absolute Gasteiger partial charge is 0.343 e. The summed E-state index contributed by atoms with van der Waals surface area (Å²) in [6.07, 6.45) is 2.97. The van der Waals surface area contributed by atoms with Crippen molar-refractivity contribution in [3.63, 3.8) is 0 Å². The number of fused-ring (bicyclic) bond motifs is 1. The number of nitro groups is 1. The Labute approximate surface area is 155 Å². The monoisotopic (exact) mass is 415 g/mol. The van der Waals surface area contributed by atoms with Crippen LogP contribution in [0.1, 0.15) is 11.1 Å². The van der Waals surface area contributed by atoms with Crippen LogP contribution in [-0.4, -0.2) is 17.7 Å². The fraction of sp³-hybridized carbons (Fsp3) is 0.0556. The Kier molecular flexibility index (Phi) is 3.96. The second-order valence-electron chi connectivity index (χ2n) is 5.53. The third kappa shape index (κ3) is 2.95. The third-order valence-electron chi connectivity index (χ3n) is 3.88. The maximum Gasteiger partial charge on any atom is 0.343 e. The zero-order valence-electron chi connectivity index (χ0n) is 13.1. The van der Waals surface area contributed by atoms with E-state index in [1.165, 1.54) is 18.2 Å². The Morgan fingerprint density at radius 1 is 1.12 bits per heavy atom. The van der Waals surface area contributed by atoms with Gasteiger partial charge in [0.25, 0.3) is 5.69 Å². The van der Waals surface area contributed by atoms with Crippen LogP contribution in [0, 0.1) is 10.1 Å². The molecule has 0 atom stereocenters. The molecule has 0 fully saturated rings. The van der Waals surface area contributed by atoms with Gasteiger partial charge in [0.1, 0.15) is 5.76 Å². The number of rotatable bonds is 3. The molecular weight excluding hydrogens is 406 g/mol. The van der Waals surface area contributed by atoms with E-state index in [1.807, 2.05) is 12.1 Å². The molecule has 2 aromatic carbocycles. The number of nitrogens with zero attached hydrogens (tertiary/aromatic N) is 1. The van der Waals surface area contributed by atoms with Crippen molar-refractivity contribution in [2.45, 2.75) is 0 Å². The molecule has 0 amide bonds. The maximum absolute atomic E-state index is 12.2. The third-order valence-corrected chi connectivity index (χ3v) is 4.41. The normalized spacial score (nSPS) is 16.6. The van der Waals surface area contributed by atoms with Gasteiger partial charge in [0, 0.05) is 10.0 Å². The average Bonchev–Trinajstić information content (AvgIpc) is 3.21. The minimum absolute atomic E-state index is 0.00215. The first-order valence-electron chi connectivity index (χ1n) is 7.51. The summed E-state index contributed by atoms with van der Waals surface area (Å²) in [5.74, 6) is 0.511. The average molecular weight is 416 g/mol. The molecule has 0 radical (unpaired) electrons. The van der Waals surface area contributed by atoms with Crippen LogP contribution < -0.4 is 9.47 Å². The molecule has 2 aliphatic heterocycles. The van der Waals surface area contributed by atoms with E-state index in [-0.39, 0.29) is 23.6 Å². The Bertz CT molecular complexity index is 993. The van der Waals surface area contributed by atoms with Gasteiger partial charge in [-0.1, -0.05) is 28.1 Å². The van der Waals surface area contributed by atoms with Gasteiger partial charge in [0.15, 0.2) is 11.5 Å². The van der Waals surface area contributed by atoms with Crippen molar-refractivity contribution in [1.82, 2.24) is 0 Å². The molecular formula is C18H10BrNO6. The first-order valence-corrected chi connectivity index (χ1v) is 8.30. The van der Waals surface area contributed by atoms with E-state index in [0.717, 1.165) is 10.0 Å². The van der Waals surface area contributed by atoms with Crippen LogP contribution in [0.3, 0.4) is 0 Å². The summed E-state index contributed by atoms with van der Waals surface area (Å²) in [5.41, 5.74) is 0.995. The highest BCUT2D eigenvalue weighted by Gasteiger charge is 2.26. The van der Waals surface area contributed by atoms with Crippen molar-refractivity contribution in [2.24, 2.45) is 0 Å². The molecule has 0 aromatic heterocycles. The van der Waals surface area contributed by atoms with Crippen LogP contribution in [0.5, 0.6) is 11.5 Å². The topological polar surface area (TPSA) is 87.9 Å². The number of nitro benzene ring substituents is 1. The van der Waals surface area contributed by atoms with Gasteiger partial charge in [0.2, 0.25) is 6.79 Å². The molecule has 0 saturated carbocycles. The maximum atomic E-state index is 12.2. The Hall–Kier alpha value is -3.13. The highest BCUT2D eigenvalue weighted by atomic mass is 79.9. The number of esters is 1. The van der Waals surface area contributed by atoms with Crippen molar-refractivity contribution in [3.8, 4) is 11.5 Å². The molecule has 2 heterocycles. The zero-order valence-corrected chi connectivity index (χ0v) is 14.7. The van der Waals surface area contributed by atoms with E-state index in [2.05, 4.69) is 15.9 Å². The number of halogens is 1. The quantitative estimate of drug-likeness (QED) is 0.325. The summed E-state index contributed by atoms with van der Waals surface area (Å²) >= 11 is 3.34. The van der Waals surface area contributed by atoms with Crippen molar-refractivity contribution < 1.29 is 23.9 Å². The number of hydrogen-bond acceptors (Lipinski definition) is 6. The number of hydrogen-bond donors (Lipinski definition) is 0. The molecule has 2 aliphatic rings. The second kappa shape index (κ2) is 6.30. The summed E-state index contributed by atoms with van der Waals surface area (Å²) in [6, 6.07) is 10.0. The molecule has 26 heavy (non-hydrogen) atoms. The van der Waals surface area contributed by atoms with Crippen LogP contribution in [-0.2, 0) is 9.53 Å². The largest absolute Gasteiger partial charge is 0.454 e. The molecule has 0 aliphatic carbocycles. The van der Waals surface area contributed by atoms with Crippen LogP contribution in [0.2, 0.25) is 0 Å². The summed E-state index contributed by atoms with van der Waals surface area (Å²) in [4.78, 5) is 23.0. The minimum atomic E-state index is -0.574. The summed E-state index contributed by atoms with van der Waals surface area (Å²) in [7, 11) is 0. The van der Waals surface area contributed by atoms with Gasteiger partial charge in [0.05, 0.1) is 22.1 Å². The summed E-state index contributed by atoms with van der Waals surface area (Å²) < 4.78 is 16.6. The summed E-state index contributed by atoms with van der Waals surface area (Å²) in [6.45, 7) is 0.00215. The number of carbonyl (C=O) groups excluding carboxylic acids is 1. The van der Waals surface area contributed by atoms with E-state index in [4.69, 9.17) is 14.2 Å². The molecule has 2 aromatic rings. The fourth-order valence-electron chi connectivity index (χ4n) is 2.63. The van der Waals surface area contributed by atoms with Gasteiger partial charge in [-0.15, -0.1) is 0 Å². The van der Waals surface area contributed by atoms with E-state index in [0.29, 0.717) is 17.3 Å². The van der Waals surface area contributed by atoms with E-state index >= 15 is 0 Å². The number of cyclic esters (lactones) is 1. The van der Waals surface area contributed by atoms with Crippen LogP contribution in [0.25, 0.3) is 11.8 Å². The van der Waals surface area contributed by atoms with E-state index in [9.17, 15) is 14.9 Å². The lowest BCUT2D eigenvalue weighted by atomic mass is 10.1. The number of carbonyl (C=O) groups is 1. The minimum Gasteiger partial charge on any atom is -0.454 e. The lowest BCUT2D eigenvalue weighted by molar-refractivity contribution is -0.385. The van der Waals surface area contributed by atoms with Gasteiger partial charge >= 0.3 is 5.97 Å². The molecule has 130 valence electrons. The van der Waals surface area contributed by atoms with Crippen molar-refractivity contribution >= 4 is 39.4 Å². The SMILES string of the molecule is O=C1OC(c2ccc(Br)cc2)=C/C1=C/c1cc2c(cc1[N+](=O)[O-])OCO2. The molecule has 0 bridgehead atoms. The zero-order chi connectivity index (χ0) is 18.3. The van der Waals surface area contributed by atoms with Crippen molar-refractivity contribution in [1.29, 1.82) is 0 Å². The summed E-state index contributed by atoms with van der Waals surface area (Å²) in [5, 5.41) is 11.3. The Morgan fingerprint density at radius 3 is 2.50 bits per heavy atom. The van der Waals surface area contributed by atoms with E-state index < -0.39 is 10.9 Å². The lowest BCUT2D eigenvalue weighted by Crippen LogP contribution is -1.98. The van der Waals surface area contributed by atoms with E-state index in [1.54, 1.807) is 18.2 Å². The molecule has 0 unspecified atom stereocenters. The van der Waals surface area contributed by atoms with Gasteiger partial charge in [-0.3, -0.25) is 10.1 Å².